The highest BCUT2D eigenvalue weighted by Crippen LogP contribution is 2.29. The van der Waals surface area contributed by atoms with Crippen molar-refractivity contribution in [3.63, 3.8) is 0 Å². The van der Waals surface area contributed by atoms with E-state index in [2.05, 4.69) is 5.32 Å². The van der Waals surface area contributed by atoms with Gasteiger partial charge in [-0.3, -0.25) is 9.59 Å². The monoisotopic (exact) mass is 349 g/mol. The molecule has 1 aliphatic carbocycles. The third kappa shape index (κ3) is 4.35. The van der Waals surface area contributed by atoms with Crippen LogP contribution < -0.4 is 5.32 Å². The lowest BCUT2D eigenvalue weighted by Crippen LogP contribution is -2.35. The molecule has 1 atom stereocenters. The lowest BCUT2D eigenvalue weighted by atomic mass is 10.0. The number of nitrogens with zero attached hydrogens (tertiary/aromatic N) is 2. The number of aromatic nitrogens is 1. The van der Waals surface area contributed by atoms with Gasteiger partial charge in [-0.05, 0) is 45.4 Å². The second kappa shape index (κ2) is 8.10. The molecule has 1 saturated heterocycles. The first-order valence-corrected chi connectivity index (χ1v) is 10.0. The van der Waals surface area contributed by atoms with Gasteiger partial charge in [-0.15, -0.1) is 11.3 Å². The first-order chi connectivity index (χ1) is 11.6. The first-order valence-electron chi connectivity index (χ1n) is 9.19. The van der Waals surface area contributed by atoms with Crippen LogP contribution >= 0.6 is 11.3 Å². The molecule has 6 heteroatoms. The third-order valence-corrected chi connectivity index (χ3v) is 6.23. The molecule has 0 saturated carbocycles. The maximum absolute atomic E-state index is 12.2. The molecule has 1 fully saturated rings. The molecular formula is C18H27N3O2S. The Balaban J connectivity index is 1.49. The molecule has 1 unspecified atom stereocenters. The Morgan fingerprint density at radius 2 is 2.00 bits per heavy atom. The van der Waals surface area contributed by atoms with Crippen LogP contribution in [0.5, 0.6) is 0 Å². The molecule has 2 aliphatic rings. The fourth-order valence-electron chi connectivity index (χ4n) is 3.44. The Morgan fingerprint density at radius 1 is 1.21 bits per heavy atom. The van der Waals surface area contributed by atoms with Crippen LogP contribution in [0, 0.1) is 0 Å². The highest BCUT2D eigenvalue weighted by Gasteiger charge is 2.21. The second-order valence-electron chi connectivity index (χ2n) is 6.86. The summed E-state index contributed by atoms with van der Waals surface area (Å²) in [6, 6.07) is -0.0482. The molecule has 132 valence electrons. The number of carbonyl (C=O) groups excluding carboxylic acids is 2. The van der Waals surface area contributed by atoms with E-state index in [0.29, 0.717) is 19.4 Å². The summed E-state index contributed by atoms with van der Waals surface area (Å²) in [5.41, 5.74) is 1.23. The van der Waals surface area contributed by atoms with Crippen LogP contribution in [-0.4, -0.2) is 34.8 Å². The largest absolute Gasteiger partial charge is 0.347 e. The molecule has 1 aromatic heterocycles. The van der Waals surface area contributed by atoms with Gasteiger partial charge in [-0.2, -0.15) is 0 Å². The number of fused-ring (bicyclic) bond motifs is 1. The Hall–Kier alpha value is -1.43. The summed E-state index contributed by atoms with van der Waals surface area (Å²) < 4.78 is 0. The molecule has 24 heavy (non-hydrogen) atoms. The van der Waals surface area contributed by atoms with Gasteiger partial charge in [0.15, 0.2) is 0 Å². The summed E-state index contributed by atoms with van der Waals surface area (Å²) >= 11 is 1.74. The van der Waals surface area contributed by atoms with E-state index in [0.717, 1.165) is 43.7 Å². The van der Waals surface area contributed by atoms with Gasteiger partial charge in [0, 0.05) is 30.8 Å². The predicted molar refractivity (Wildman–Crippen MR) is 95.0 cm³/mol. The van der Waals surface area contributed by atoms with Gasteiger partial charge < -0.3 is 10.2 Å². The van der Waals surface area contributed by atoms with E-state index in [-0.39, 0.29) is 17.9 Å². The average molecular weight is 350 g/mol. The number of carbonyl (C=O) groups is 2. The molecule has 0 spiro atoms. The van der Waals surface area contributed by atoms with Crippen LogP contribution in [-0.2, 0) is 22.4 Å². The summed E-state index contributed by atoms with van der Waals surface area (Å²) in [6.07, 6.45) is 8.82. The first kappa shape index (κ1) is 17.4. The van der Waals surface area contributed by atoms with E-state index < -0.39 is 0 Å². The van der Waals surface area contributed by atoms with Crippen LogP contribution in [0.15, 0.2) is 0 Å². The standard InChI is InChI=1S/C18H27N3O2S/c1-13(18-20-14-7-4-5-8-15(14)24-18)19-16(22)10-12-21-11-6-2-3-9-17(21)23/h13H,2-12H2,1H3,(H,19,22). The number of rotatable bonds is 5. The minimum Gasteiger partial charge on any atom is -0.347 e. The number of hydrogen-bond acceptors (Lipinski definition) is 4. The summed E-state index contributed by atoms with van der Waals surface area (Å²) in [6.45, 7) is 3.33. The van der Waals surface area contributed by atoms with Crippen molar-refractivity contribution in [2.75, 3.05) is 13.1 Å². The van der Waals surface area contributed by atoms with Crippen molar-refractivity contribution in [2.24, 2.45) is 0 Å². The van der Waals surface area contributed by atoms with Gasteiger partial charge in [0.1, 0.15) is 5.01 Å². The molecule has 1 aromatic rings. The Morgan fingerprint density at radius 3 is 2.83 bits per heavy atom. The molecule has 0 radical (unpaired) electrons. The van der Waals surface area contributed by atoms with E-state index in [1.54, 1.807) is 11.3 Å². The normalized spacial score (nSPS) is 19.5. The number of amides is 2. The number of nitrogens with one attached hydrogen (secondary N) is 1. The lowest BCUT2D eigenvalue weighted by molar-refractivity contribution is -0.131. The predicted octanol–water partition coefficient (Wildman–Crippen LogP) is 2.99. The summed E-state index contributed by atoms with van der Waals surface area (Å²) in [5, 5.41) is 4.06. The van der Waals surface area contributed by atoms with Crippen molar-refractivity contribution < 1.29 is 9.59 Å². The summed E-state index contributed by atoms with van der Waals surface area (Å²) in [7, 11) is 0. The molecule has 2 heterocycles. The van der Waals surface area contributed by atoms with Gasteiger partial charge in [-0.1, -0.05) is 6.42 Å². The van der Waals surface area contributed by atoms with Crippen molar-refractivity contribution in [3.8, 4) is 0 Å². The van der Waals surface area contributed by atoms with E-state index >= 15 is 0 Å². The SMILES string of the molecule is CC(NC(=O)CCN1CCCCCC1=O)c1nc2c(s1)CCCC2. The van der Waals surface area contributed by atoms with Gasteiger partial charge in [0.25, 0.3) is 0 Å². The average Bonchev–Trinajstić information content (AvgIpc) is 2.90. The van der Waals surface area contributed by atoms with E-state index in [9.17, 15) is 9.59 Å². The highest BCUT2D eigenvalue weighted by molar-refractivity contribution is 7.11. The molecule has 1 aliphatic heterocycles. The van der Waals surface area contributed by atoms with Crippen LogP contribution in [0.2, 0.25) is 0 Å². The van der Waals surface area contributed by atoms with Crippen LogP contribution in [0.1, 0.15) is 73.5 Å². The van der Waals surface area contributed by atoms with Crippen molar-refractivity contribution >= 4 is 23.2 Å². The van der Waals surface area contributed by atoms with Gasteiger partial charge in [-0.25, -0.2) is 4.98 Å². The Bertz CT molecular complexity index is 576. The van der Waals surface area contributed by atoms with Gasteiger partial charge in [0.2, 0.25) is 11.8 Å². The topological polar surface area (TPSA) is 62.3 Å². The van der Waals surface area contributed by atoms with Crippen LogP contribution in [0.3, 0.4) is 0 Å². The zero-order valence-electron chi connectivity index (χ0n) is 14.5. The van der Waals surface area contributed by atoms with Crippen LogP contribution in [0.25, 0.3) is 0 Å². The molecule has 0 bridgehead atoms. The summed E-state index contributed by atoms with van der Waals surface area (Å²) in [4.78, 5) is 32.2. The lowest BCUT2D eigenvalue weighted by Gasteiger charge is -2.20. The second-order valence-corrected chi connectivity index (χ2v) is 7.97. The smallest absolute Gasteiger partial charge is 0.222 e. The van der Waals surface area contributed by atoms with Gasteiger partial charge >= 0.3 is 0 Å². The summed E-state index contributed by atoms with van der Waals surface area (Å²) in [5.74, 6) is 0.202. The zero-order chi connectivity index (χ0) is 16.9. The quantitative estimate of drug-likeness (QED) is 0.889. The highest BCUT2D eigenvalue weighted by atomic mass is 32.1. The minimum absolute atomic E-state index is 0.00715. The van der Waals surface area contributed by atoms with E-state index in [1.807, 2.05) is 11.8 Å². The number of likely N-dealkylation sites (tertiary alicyclic amines) is 1. The minimum atomic E-state index is -0.0482. The molecular weight excluding hydrogens is 322 g/mol. The fraction of sp³-hybridized carbons (Fsp3) is 0.722. The molecule has 1 N–H and O–H groups in total. The van der Waals surface area contributed by atoms with Crippen LogP contribution in [0.4, 0.5) is 0 Å². The fourth-order valence-corrected chi connectivity index (χ4v) is 4.60. The van der Waals surface area contributed by atoms with Crippen molar-refractivity contribution in [1.29, 1.82) is 0 Å². The maximum atomic E-state index is 12.2. The molecule has 5 nitrogen and oxygen atoms in total. The maximum Gasteiger partial charge on any atom is 0.222 e. The molecule has 2 amide bonds. The number of aryl methyl sites for hydroxylation is 2. The zero-order valence-corrected chi connectivity index (χ0v) is 15.3. The third-order valence-electron chi connectivity index (χ3n) is 4.89. The van der Waals surface area contributed by atoms with E-state index in [4.69, 9.17) is 4.98 Å². The van der Waals surface area contributed by atoms with Crippen molar-refractivity contribution in [3.05, 3.63) is 15.6 Å². The molecule has 0 aromatic carbocycles. The van der Waals surface area contributed by atoms with Crippen molar-refractivity contribution in [1.82, 2.24) is 15.2 Å². The Kier molecular flexibility index (Phi) is 5.87. The molecule has 3 rings (SSSR count). The van der Waals surface area contributed by atoms with Gasteiger partial charge in [0.05, 0.1) is 11.7 Å². The Labute approximate surface area is 147 Å². The number of thiazole rings is 1. The number of hydrogen-bond donors (Lipinski definition) is 1. The van der Waals surface area contributed by atoms with Crippen molar-refractivity contribution in [2.45, 2.75) is 70.8 Å². The van der Waals surface area contributed by atoms with E-state index in [1.165, 1.54) is 23.4 Å².